The van der Waals surface area contributed by atoms with Crippen molar-refractivity contribution in [2.24, 2.45) is 0 Å². The lowest BCUT2D eigenvalue weighted by Gasteiger charge is -2.39. The molecule has 8 heteroatoms. The number of nitrogens with zero attached hydrogens (tertiary/aromatic N) is 4. The summed E-state index contributed by atoms with van der Waals surface area (Å²) in [5.41, 5.74) is 1.37. The normalized spacial score (nSPS) is 18.6. The first-order valence-electron chi connectivity index (χ1n) is 8.06. The summed E-state index contributed by atoms with van der Waals surface area (Å²) in [6.07, 6.45) is 3.14. The van der Waals surface area contributed by atoms with Gasteiger partial charge in [-0.2, -0.15) is 0 Å². The molecule has 2 aliphatic rings. The Morgan fingerprint density at radius 2 is 2.08 bits per heavy atom. The largest absolute Gasteiger partial charge is 0.365 e. The number of amides is 1. The highest BCUT2D eigenvalue weighted by Crippen LogP contribution is 2.43. The molecule has 25 heavy (non-hydrogen) atoms. The lowest BCUT2D eigenvalue weighted by molar-refractivity contribution is -0.0743. The number of pyridine rings is 1. The Hall–Kier alpha value is -2.48. The van der Waals surface area contributed by atoms with Gasteiger partial charge in [-0.15, -0.1) is 0 Å². The Morgan fingerprint density at radius 3 is 2.84 bits per heavy atom. The molecule has 0 bridgehead atoms. The van der Waals surface area contributed by atoms with Crippen molar-refractivity contribution >= 4 is 5.91 Å². The Bertz CT molecular complexity index is 807. The number of likely N-dealkylation sites (tertiary alicyclic amines) is 1. The lowest BCUT2D eigenvalue weighted by atomic mass is 9.84. The van der Waals surface area contributed by atoms with E-state index in [0.29, 0.717) is 32.5 Å². The molecule has 0 aliphatic carbocycles. The standard InChI is InChI=1S/C17H16F2N4O2/c18-15(19)13-7-14(22-10-21-13)16(24)23-5-2-17(3-6-23)12-8-20-4-1-11(12)9-25-17/h1,4,7-8,10,15H,2-3,5-6,9H2. The summed E-state index contributed by atoms with van der Waals surface area (Å²) in [4.78, 5) is 25.7. The van der Waals surface area contributed by atoms with Crippen molar-refractivity contribution in [3.63, 3.8) is 0 Å². The fourth-order valence-corrected chi connectivity index (χ4v) is 3.51. The Morgan fingerprint density at radius 1 is 1.28 bits per heavy atom. The van der Waals surface area contributed by atoms with Crippen LogP contribution in [0.3, 0.4) is 0 Å². The smallest absolute Gasteiger partial charge is 0.280 e. The van der Waals surface area contributed by atoms with Gasteiger partial charge in [0.05, 0.1) is 12.2 Å². The van der Waals surface area contributed by atoms with E-state index in [0.717, 1.165) is 23.5 Å². The molecule has 2 aromatic rings. The number of aromatic nitrogens is 3. The number of alkyl halides is 2. The number of fused-ring (bicyclic) bond motifs is 2. The van der Waals surface area contributed by atoms with Gasteiger partial charge in [-0.05, 0) is 30.5 Å². The summed E-state index contributed by atoms with van der Waals surface area (Å²) in [7, 11) is 0. The summed E-state index contributed by atoms with van der Waals surface area (Å²) in [6, 6.07) is 3.01. The van der Waals surface area contributed by atoms with Crippen LogP contribution in [0.5, 0.6) is 0 Å². The van der Waals surface area contributed by atoms with Crippen LogP contribution in [0.15, 0.2) is 30.9 Å². The van der Waals surface area contributed by atoms with E-state index in [2.05, 4.69) is 15.0 Å². The molecule has 130 valence electrons. The molecule has 0 unspecified atom stereocenters. The van der Waals surface area contributed by atoms with Gasteiger partial charge in [0.25, 0.3) is 12.3 Å². The van der Waals surface area contributed by atoms with Crippen LogP contribution in [0.2, 0.25) is 0 Å². The average molecular weight is 346 g/mol. The van der Waals surface area contributed by atoms with E-state index < -0.39 is 17.7 Å². The second-order valence-electron chi connectivity index (χ2n) is 6.24. The molecule has 1 amide bonds. The van der Waals surface area contributed by atoms with Gasteiger partial charge in [-0.1, -0.05) is 0 Å². The molecule has 4 rings (SSSR count). The van der Waals surface area contributed by atoms with E-state index in [4.69, 9.17) is 4.74 Å². The van der Waals surface area contributed by atoms with Crippen LogP contribution >= 0.6 is 0 Å². The highest BCUT2D eigenvalue weighted by molar-refractivity contribution is 5.92. The number of piperidine rings is 1. The number of hydrogen-bond donors (Lipinski definition) is 0. The third kappa shape index (κ3) is 2.76. The molecular weight excluding hydrogens is 330 g/mol. The van der Waals surface area contributed by atoms with Crippen molar-refractivity contribution in [1.29, 1.82) is 0 Å². The number of hydrogen-bond acceptors (Lipinski definition) is 5. The van der Waals surface area contributed by atoms with Crippen LogP contribution in [-0.2, 0) is 16.9 Å². The zero-order valence-corrected chi connectivity index (χ0v) is 13.4. The van der Waals surface area contributed by atoms with Crippen LogP contribution < -0.4 is 0 Å². The summed E-state index contributed by atoms with van der Waals surface area (Å²) in [5.74, 6) is -0.358. The molecule has 1 spiro atoms. The first-order valence-corrected chi connectivity index (χ1v) is 8.06. The first kappa shape index (κ1) is 16.0. The highest BCUT2D eigenvalue weighted by Gasteiger charge is 2.43. The van der Waals surface area contributed by atoms with Crippen molar-refractivity contribution in [3.05, 3.63) is 53.4 Å². The zero-order valence-electron chi connectivity index (χ0n) is 13.4. The highest BCUT2D eigenvalue weighted by atomic mass is 19.3. The van der Waals surface area contributed by atoms with E-state index in [9.17, 15) is 13.6 Å². The lowest BCUT2D eigenvalue weighted by Crippen LogP contribution is -2.45. The van der Waals surface area contributed by atoms with Crippen molar-refractivity contribution in [2.75, 3.05) is 13.1 Å². The average Bonchev–Trinajstić information content (AvgIpc) is 3.00. The number of carbonyl (C=O) groups excluding carboxylic acids is 1. The van der Waals surface area contributed by atoms with Gasteiger partial charge in [-0.25, -0.2) is 18.7 Å². The number of ether oxygens (including phenoxy) is 1. The van der Waals surface area contributed by atoms with Gasteiger partial charge in [0, 0.05) is 31.0 Å². The molecule has 0 radical (unpaired) electrons. The van der Waals surface area contributed by atoms with Crippen LogP contribution in [-0.4, -0.2) is 38.8 Å². The van der Waals surface area contributed by atoms with Gasteiger partial charge in [0.15, 0.2) is 0 Å². The Kier molecular flexibility index (Phi) is 3.91. The van der Waals surface area contributed by atoms with Crippen LogP contribution in [0, 0.1) is 0 Å². The monoisotopic (exact) mass is 346 g/mol. The van der Waals surface area contributed by atoms with Gasteiger partial charge in [-0.3, -0.25) is 9.78 Å². The maximum atomic E-state index is 12.8. The Balaban J connectivity index is 1.49. The van der Waals surface area contributed by atoms with E-state index in [1.165, 1.54) is 0 Å². The minimum atomic E-state index is -2.73. The van der Waals surface area contributed by atoms with Gasteiger partial charge < -0.3 is 9.64 Å². The van der Waals surface area contributed by atoms with E-state index in [1.54, 1.807) is 11.1 Å². The maximum absolute atomic E-state index is 12.8. The van der Waals surface area contributed by atoms with E-state index >= 15 is 0 Å². The summed E-state index contributed by atoms with van der Waals surface area (Å²) >= 11 is 0. The van der Waals surface area contributed by atoms with Crippen molar-refractivity contribution < 1.29 is 18.3 Å². The second-order valence-corrected chi connectivity index (χ2v) is 6.24. The van der Waals surface area contributed by atoms with Crippen LogP contribution in [0.1, 0.15) is 46.6 Å². The molecule has 2 aliphatic heterocycles. The summed E-state index contributed by atoms with van der Waals surface area (Å²) < 4.78 is 31.5. The molecule has 1 fully saturated rings. The molecule has 0 N–H and O–H groups in total. The predicted molar refractivity (Wildman–Crippen MR) is 82.8 cm³/mol. The molecular formula is C17H16F2N4O2. The molecule has 4 heterocycles. The van der Waals surface area contributed by atoms with Gasteiger partial charge in [0.2, 0.25) is 0 Å². The minimum Gasteiger partial charge on any atom is -0.365 e. The molecule has 6 nitrogen and oxygen atoms in total. The first-order chi connectivity index (χ1) is 12.1. The van der Waals surface area contributed by atoms with E-state index in [1.807, 2.05) is 12.3 Å². The Labute approximate surface area is 142 Å². The third-order valence-electron chi connectivity index (χ3n) is 4.90. The predicted octanol–water partition coefficient (Wildman–Crippen LogP) is 2.47. The SMILES string of the molecule is O=C(c1cc(C(F)F)ncn1)N1CCC2(CC1)OCc1ccncc12. The number of carbonyl (C=O) groups is 1. The van der Waals surface area contributed by atoms with Crippen LogP contribution in [0.4, 0.5) is 8.78 Å². The van der Waals surface area contributed by atoms with E-state index in [-0.39, 0.29) is 11.6 Å². The molecule has 1 saturated heterocycles. The molecule has 0 aromatic carbocycles. The van der Waals surface area contributed by atoms with Gasteiger partial charge in [0.1, 0.15) is 17.7 Å². The number of halogens is 2. The van der Waals surface area contributed by atoms with Gasteiger partial charge >= 0.3 is 0 Å². The maximum Gasteiger partial charge on any atom is 0.280 e. The second kappa shape index (κ2) is 6.11. The topological polar surface area (TPSA) is 68.2 Å². The number of rotatable bonds is 2. The fourth-order valence-electron chi connectivity index (χ4n) is 3.51. The zero-order chi connectivity index (χ0) is 17.4. The van der Waals surface area contributed by atoms with Crippen molar-refractivity contribution in [1.82, 2.24) is 19.9 Å². The van der Waals surface area contributed by atoms with Crippen LogP contribution in [0.25, 0.3) is 0 Å². The summed E-state index contributed by atoms with van der Waals surface area (Å²) in [5, 5.41) is 0. The van der Waals surface area contributed by atoms with Crippen molar-refractivity contribution in [2.45, 2.75) is 31.5 Å². The molecule has 2 aromatic heterocycles. The molecule has 0 saturated carbocycles. The fraction of sp³-hybridized carbons (Fsp3) is 0.412. The summed E-state index contributed by atoms with van der Waals surface area (Å²) in [6.45, 7) is 1.50. The minimum absolute atomic E-state index is 0.00402. The third-order valence-corrected chi connectivity index (χ3v) is 4.90. The van der Waals surface area contributed by atoms with Crippen molar-refractivity contribution in [3.8, 4) is 0 Å². The molecule has 0 atom stereocenters. The quantitative estimate of drug-likeness (QED) is 0.836.